The van der Waals surface area contributed by atoms with Crippen LogP contribution in [0.1, 0.15) is 30.5 Å². The lowest BCUT2D eigenvalue weighted by Crippen LogP contribution is -2.38. The van der Waals surface area contributed by atoms with Gasteiger partial charge in [0.1, 0.15) is 0 Å². The number of carbonyl (C=O) groups is 1. The van der Waals surface area contributed by atoms with Crippen molar-refractivity contribution in [1.82, 2.24) is 0 Å². The number of hydrazone groups is 1. The van der Waals surface area contributed by atoms with Gasteiger partial charge in [0.25, 0.3) is 5.91 Å². The highest BCUT2D eigenvalue weighted by atomic mass is 16.1. The van der Waals surface area contributed by atoms with Gasteiger partial charge in [-0.1, -0.05) is 42.0 Å². The highest BCUT2D eigenvalue weighted by Crippen LogP contribution is 2.27. The highest BCUT2D eigenvalue weighted by Gasteiger charge is 2.30. The minimum atomic E-state index is -0.606. The van der Waals surface area contributed by atoms with Crippen molar-refractivity contribution in [2.75, 3.05) is 5.43 Å². The number of fused-ring (bicyclic) bond motifs is 1. The van der Waals surface area contributed by atoms with Gasteiger partial charge in [0.2, 0.25) is 0 Å². The van der Waals surface area contributed by atoms with Gasteiger partial charge in [0, 0.05) is 5.56 Å². The molecule has 3 N–H and O–H groups in total. The van der Waals surface area contributed by atoms with E-state index in [1.54, 1.807) is 0 Å². The van der Waals surface area contributed by atoms with Gasteiger partial charge in [0.15, 0.2) is 5.71 Å². The Hall–Kier alpha value is -2.95. The average Bonchev–Trinajstić information content (AvgIpc) is 2.55. The molecule has 0 atom stereocenters. The number of nitrogens with zero attached hydrogens (tertiary/aromatic N) is 2. The molecular formula is C20H22N4O. The molecule has 0 aliphatic carbocycles. The van der Waals surface area contributed by atoms with Crippen LogP contribution in [-0.4, -0.2) is 22.9 Å². The van der Waals surface area contributed by atoms with Gasteiger partial charge in [-0.25, -0.2) is 0 Å². The number of aliphatic imine (C=N–C) groups is 1. The van der Waals surface area contributed by atoms with Crippen molar-refractivity contribution in [2.45, 2.75) is 32.7 Å². The molecule has 1 heterocycles. The molecule has 25 heavy (non-hydrogen) atoms. The van der Waals surface area contributed by atoms with Crippen LogP contribution in [0.2, 0.25) is 0 Å². The van der Waals surface area contributed by atoms with Crippen molar-refractivity contribution in [2.24, 2.45) is 15.8 Å². The molecule has 0 unspecified atom stereocenters. The van der Waals surface area contributed by atoms with Crippen molar-refractivity contribution in [3.05, 3.63) is 65.2 Å². The van der Waals surface area contributed by atoms with E-state index in [9.17, 15) is 4.79 Å². The van der Waals surface area contributed by atoms with E-state index in [0.717, 1.165) is 28.8 Å². The molecule has 5 heteroatoms. The lowest BCUT2D eigenvalue weighted by molar-refractivity contribution is -0.111. The second-order valence-corrected chi connectivity index (χ2v) is 6.91. The summed E-state index contributed by atoms with van der Waals surface area (Å²) in [5.74, 6) is -0.606. The minimum absolute atomic E-state index is 0.140. The summed E-state index contributed by atoms with van der Waals surface area (Å²) in [5.41, 5.74) is 12.9. The summed E-state index contributed by atoms with van der Waals surface area (Å²) in [7, 11) is 0. The van der Waals surface area contributed by atoms with Crippen LogP contribution in [0.3, 0.4) is 0 Å². The Morgan fingerprint density at radius 2 is 1.84 bits per heavy atom. The van der Waals surface area contributed by atoms with E-state index < -0.39 is 5.91 Å². The molecule has 3 rings (SSSR count). The fraction of sp³-hybridized carbons (Fsp3) is 0.250. The first-order chi connectivity index (χ1) is 11.9. The molecule has 0 bridgehead atoms. The van der Waals surface area contributed by atoms with Crippen molar-refractivity contribution < 1.29 is 4.79 Å². The Labute approximate surface area is 147 Å². The molecule has 1 aliphatic rings. The molecule has 0 spiro atoms. The number of anilines is 1. The third-order valence-corrected chi connectivity index (χ3v) is 4.12. The van der Waals surface area contributed by atoms with E-state index in [2.05, 4.69) is 16.6 Å². The van der Waals surface area contributed by atoms with Crippen LogP contribution in [0.5, 0.6) is 0 Å². The van der Waals surface area contributed by atoms with Crippen LogP contribution in [-0.2, 0) is 11.2 Å². The molecular weight excluding hydrogens is 312 g/mol. The molecule has 1 amide bonds. The number of benzene rings is 2. The summed E-state index contributed by atoms with van der Waals surface area (Å²) >= 11 is 0. The summed E-state index contributed by atoms with van der Waals surface area (Å²) < 4.78 is 0. The third-order valence-electron chi connectivity index (χ3n) is 4.12. The zero-order valence-electron chi connectivity index (χ0n) is 14.7. The summed E-state index contributed by atoms with van der Waals surface area (Å²) in [6.07, 6.45) is 0.810. The van der Waals surface area contributed by atoms with Crippen LogP contribution < -0.4 is 11.2 Å². The molecule has 0 fully saturated rings. The first-order valence-electron chi connectivity index (χ1n) is 8.24. The third kappa shape index (κ3) is 3.76. The van der Waals surface area contributed by atoms with Gasteiger partial charge in [-0.15, -0.1) is 0 Å². The Kier molecular flexibility index (Phi) is 4.40. The van der Waals surface area contributed by atoms with E-state index in [0.29, 0.717) is 5.71 Å². The quantitative estimate of drug-likeness (QED) is 0.665. The molecule has 128 valence electrons. The molecule has 0 aromatic heterocycles. The largest absolute Gasteiger partial charge is 0.364 e. The molecule has 1 aliphatic heterocycles. The number of nitrogens with two attached hydrogens (primary N) is 1. The number of carbonyl (C=O) groups excluding carboxylic acids is 1. The number of rotatable bonds is 4. The predicted molar refractivity (Wildman–Crippen MR) is 102 cm³/mol. The van der Waals surface area contributed by atoms with E-state index in [1.807, 2.05) is 63.2 Å². The normalized spacial score (nSPS) is 16.0. The second-order valence-electron chi connectivity index (χ2n) is 6.91. The van der Waals surface area contributed by atoms with E-state index in [4.69, 9.17) is 10.7 Å². The number of amides is 1. The Bertz CT molecular complexity index is 864. The van der Waals surface area contributed by atoms with Gasteiger partial charge in [-0.3, -0.25) is 15.2 Å². The summed E-state index contributed by atoms with van der Waals surface area (Å²) in [4.78, 5) is 16.8. The lowest BCUT2D eigenvalue weighted by Gasteiger charge is -2.28. The smallest absolute Gasteiger partial charge is 0.271 e. The first kappa shape index (κ1) is 16.9. The standard InChI is InChI=1S/C20H22N4O/c1-13-8-10-15(11-9-13)23-24-18(19(21)25)17-16-7-5-4-6-14(16)12-20(2,3)22-17/h4-11,23H,12H2,1-3H3,(H2,21,25)/b24-18-. The van der Waals surface area contributed by atoms with Crippen molar-refractivity contribution in [3.8, 4) is 0 Å². The van der Waals surface area contributed by atoms with Crippen LogP contribution >= 0.6 is 0 Å². The van der Waals surface area contributed by atoms with Gasteiger partial charge >= 0.3 is 0 Å². The molecule has 0 saturated heterocycles. The van der Waals surface area contributed by atoms with Crippen LogP contribution in [0.4, 0.5) is 5.69 Å². The van der Waals surface area contributed by atoms with Gasteiger partial charge in [0.05, 0.1) is 16.9 Å². The second kappa shape index (κ2) is 6.51. The Balaban J connectivity index is 2.02. The van der Waals surface area contributed by atoms with E-state index in [-0.39, 0.29) is 11.3 Å². The molecule has 0 radical (unpaired) electrons. The zero-order valence-corrected chi connectivity index (χ0v) is 14.7. The number of hydrogen-bond donors (Lipinski definition) is 2. The highest BCUT2D eigenvalue weighted by molar-refractivity contribution is 6.70. The van der Waals surface area contributed by atoms with Crippen LogP contribution in [0.15, 0.2) is 58.6 Å². The number of aryl methyl sites for hydroxylation is 1. The summed E-state index contributed by atoms with van der Waals surface area (Å²) in [6.45, 7) is 6.08. The average molecular weight is 334 g/mol. The zero-order chi connectivity index (χ0) is 18.0. The fourth-order valence-electron chi connectivity index (χ4n) is 2.93. The Morgan fingerprint density at radius 1 is 1.16 bits per heavy atom. The molecule has 0 saturated carbocycles. The van der Waals surface area contributed by atoms with Crippen LogP contribution in [0.25, 0.3) is 0 Å². The molecule has 2 aromatic carbocycles. The summed E-state index contributed by atoms with van der Waals surface area (Å²) in [5, 5.41) is 4.27. The number of primary amides is 1. The minimum Gasteiger partial charge on any atom is -0.364 e. The van der Waals surface area contributed by atoms with Gasteiger partial charge in [-0.2, -0.15) is 5.10 Å². The van der Waals surface area contributed by atoms with Gasteiger partial charge in [-0.05, 0) is 44.9 Å². The first-order valence-corrected chi connectivity index (χ1v) is 8.24. The van der Waals surface area contributed by atoms with Crippen molar-refractivity contribution >= 4 is 23.0 Å². The molecule has 5 nitrogen and oxygen atoms in total. The van der Waals surface area contributed by atoms with Crippen molar-refractivity contribution in [1.29, 1.82) is 0 Å². The lowest BCUT2D eigenvalue weighted by atomic mass is 9.85. The summed E-state index contributed by atoms with van der Waals surface area (Å²) in [6, 6.07) is 15.7. The maximum Gasteiger partial charge on any atom is 0.271 e. The predicted octanol–water partition coefficient (Wildman–Crippen LogP) is 3.07. The van der Waals surface area contributed by atoms with Crippen LogP contribution in [0, 0.1) is 6.92 Å². The Morgan fingerprint density at radius 3 is 2.52 bits per heavy atom. The maximum atomic E-state index is 12.1. The maximum absolute atomic E-state index is 12.1. The number of hydrogen-bond acceptors (Lipinski definition) is 4. The van der Waals surface area contributed by atoms with E-state index in [1.165, 1.54) is 0 Å². The SMILES string of the molecule is Cc1ccc(N/N=C(\C(N)=O)C2=NC(C)(C)Cc3ccccc32)cc1. The van der Waals surface area contributed by atoms with Crippen molar-refractivity contribution in [3.63, 3.8) is 0 Å². The topological polar surface area (TPSA) is 79.8 Å². The fourth-order valence-corrected chi connectivity index (χ4v) is 2.93. The number of nitrogens with one attached hydrogen (secondary N) is 1. The monoisotopic (exact) mass is 334 g/mol. The van der Waals surface area contributed by atoms with Gasteiger partial charge < -0.3 is 5.73 Å². The van der Waals surface area contributed by atoms with E-state index >= 15 is 0 Å². The molecule has 2 aromatic rings.